The summed E-state index contributed by atoms with van der Waals surface area (Å²) in [6.45, 7) is 0. The monoisotopic (exact) mass is 260 g/mol. The van der Waals surface area contributed by atoms with E-state index < -0.39 is 0 Å². The third-order valence-electron chi connectivity index (χ3n) is 4.13. The van der Waals surface area contributed by atoms with Crippen molar-refractivity contribution in [2.24, 2.45) is 0 Å². The van der Waals surface area contributed by atoms with Crippen molar-refractivity contribution in [1.82, 2.24) is 5.32 Å². The Labute approximate surface area is 113 Å². The van der Waals surface area contributed by atoms with Crippen LogP contribution in [0.3, 0.4) is 0 Å². The fourth-order valence-corrected chi connectivity index (χ4v) is 2.98. The first-order valence-corrected chi connectivity index (χ1v) is 7.05. The molecule has 2 aliphatic rings. The van der Waals surface area contributed by atoms with Crippen LogP contribution in [0.15, 0.2) is 24.3 Å². The average Bonchev–Trinajstić information content (AvgIpc) is 2.85. The van der Waals surface area contributed by atoms with E-state index in [1.165, 1.54) is 5.56 Å². The third-order valence-corrected chi connectivity index (χ3v) is 4.13. The van der Waals surface area contributed by atoms with Crippen LogP contribution in [0.2, 0.25) is 0 Å². The Balaban J connectivity index is 1.55. The van der Waals surface area contributed by atoms with E-state index in [4.69, 9.17) is 0 Å². The smallest absolute Gasteiger partial charge is 0.243 e. The topological polar surface area (TPSA) is 61.4 Å². The first kappa shape index (κ1) is 12.5. The molecule has 0 saturated heterocycles. The van der Waals surface area contributed by atoms with E-state index in [-0.39, 0.29) is 24.1 Å². The van der Waals surface area contributed by atoms with Gasteiger partial charge < -0.3 is 15.7 Å². The van der Waals surface area contributed by atoms with Gasteiger partial charge in [0.25, 0.3) is 0 Å². The van der Waals surface area contributed by atoms with Gasteiger partial charge >= 0.3 is 0 Å². The second kappa shape index (κ2) is 5.21. The van der Waals surface area contributed by atoms with Gasteiger partial charge in [0.1, 0.15) is 6.04 Å². The molecule has 4 nitrogen and oxygen atoms in total. The Hall–Kier alpha value is -1.55. The molecule has 3 N–H and O–H groups in total. The standard InChI is InChI=1S/C15H20N2O2/c18-12-7-5-11(6-8-12)16-15(19)14-9-10-3-1-2-4-13(10)17-14/h1-4,11-12,14,17-18H,5-9H2,(H,16,19). The molecule has 1 unspecified atom stereocenters. The highest BCUT2D eigenvalue weighted by Crippen LogP contribution is 2.25. The zero-order valence-corrected chi connectivity index (χ0v) is 10.9. The van der Waals surface area contributed by atoms with E-state index in [0.717, 1.165) is 37.8 Å². The van der Waals surface area contributed by atoms with Crippen molar-refractivity contribution in [3.8, 4) is 0 Å². The minimum absolute atomic E-state index is 0.0811. The van der Waals surface area contributed by atoms with Crippen LogP contribution in [-0.2, 0) is 11.2 Å². The van der Waals surface area contributed by atoms with Crippen LogP contribution in [0.1, 0.15) is 31.2 Å². The number of aliphatic hydroxyl groups is 1. The zero-order valence-electron chi connectivity index (χ0n) is 10.9. The molecule has 102 valence electrons. The van der Waals surface area contributed by atoms with Gasteiger partial charge in [0.05, 0.1) is 6.10 Å². The lowest BCUT2D eigenvalue weighted by Crippen LogP contribution is -2.45. The minimum Gasteiger partial charge on any atom is -0.393 e. The summed E-state index contributed by atoms with van der Waals surface area (Å²) in [4.78, 5) is 12.2. The molecule has 1 fully saturated rings. The van der Waals surface area contributed by atoms with E-state index in [2.05, 4.69) is 16.7 Å². The van der Waals surface area contributed by atoms with E-state index in [1.807, 2.05) is 18.2 Å². The molecule has 1 aliphatic heterocycles. The second-order valence-corrected chi connectivity index (χ2v) is 5.57. The second-order valence-electron chi connectivity index (χ2n) is 5.57. The number of amides is 1. The van der Waals surface area contributed by atoms with Gasteiger partial charge in [-0.25, -0.2) is 0 Å². The van der Waals surface area contributed by atoms with Crippen molar-refractivity contribution in [2.75, 3.05) is 5.32 Å². The fraction of sp³-hybridized carbons (Fsp3) is 0.533. The quantitative estimate of drug-likeness (QED) is 0.754. The first-order valence-electron chi connectivity index (χ1n) is 7.05. The van der Waals surface area contributed by atoms with Gasteiger partial charge in [-0.15, -0.1) is 0 Å². The maximum atomic E-state index is 12.2. The molecule has 1 heterocycles. The molecular formula is C15H20N2O2. The number of hydrogen-bond donors (Lipinski definition) is 3. The van der Waals surface area contributed by atoms with Gasteiger partial charge in [0, 0.05) is 18.2 Å². The number of carbonyl (C=O) groups excluding carboxylic acids is 1. The van der Waals surface area contributed by atoms with Crippen LogP contribution in [0.25, 0.3) is 0 Å². The largest absolute Gasteiger partial charge is 0.393 e. The molecule has 0 radical (unpaired) electrons. The maximum Gasteiger partial charge on any atom is 0.243 e. The summed E-state index contributed by atoms with van der Waals surface area (Å²) >= 11 is 0. The van der Waals surface area contributed by atoms with Crippen LogP contribution in [0, 0.1) is 0 Å². The third kappa shape index (κ3) is 2.73. The Morgan fingerprint density at radius 1 is 1.21 bits per heavy atom. The van der Waals surface area contributed by atoms with Crippen molar-refractivity contribution in [3.63, 3.8) is 0 Å². The summed E-state index contributed by atoms with van der Waals surface area (Å²) in [5.74, 6) is 0.0811. The van der Waals surface area contributed by atoms with Crippen molar-refractivity contribution in [3.05, 3.63) is 29.8 Å². The number of anilines is 1. The van der Waals surface area contributed by atoms with E-state index in [1.54, 1.807) is 0 Å². The molecule has 0 bridgehead atoms. The molecule has 1 saturated carbocycles. The summed E-state index contributed by atoms with van der Waals surface area (Å²) in [5, 5.41) is 15.8. The van der Waals surface area contributed by atoms with Crippen molar-refractivity contribution in [1.29, 1.82) is 0 Å². The number of fused-ring (bicyclic) bond motifs is 1. The highest BCUT2D eigenvalue weighted by molar-refractivity contribution is 5.87. The highest BCUT2D eigenvalue weighted by atomic mass is 16.3. The fourth-order valence-electron chi connectivity index (χ4n) is 2.98. The van der Waals surface area contributed by atoms with Gasteiger partial charge in [0.15, 0.2) is 0 Å². The van der Waals surface area contributed by atoms with Crippen LogP contribution in [-0.4, -0.2) is 29.2 Å². The molecule has 1 aromatic carbocycles. The van der Waals surface area contributed by atoms with Crippen LogP contribution >= 0.6 is 0 Å². The average molecular weight is 260 g/mol. The number of carbonyl (C=O) groups is 1. The van der Waals surface area contributed by atoms with Gasteiger partial charge in [-0.05, 0) is 37.3 Å². The lowest BCUT2D eigenvalue weighted by atomic mass is 9.93. The van der Waals surface area contributed by atoms with Gasteiger partial charge in [-0.2, -0.15) is 0 Å². The first-order chi connectivity index (χ1) is 9.22. The lowest BCUT2D eigenvalue weighted by molar-refractivity contribution is -0.122. The van der Waals surface area contributed by atoms with E-state index >= 15 is 0 Å². The summed E-state index contributed by atoms with van der Waals surface area (Å²) in [7, 11) is 0. The van der Waals surface area contributed by atoms with Gasteiger partial charge in [-0.3, -0.25) is 4.79 Å². The summed E-state index contributed by atoms with van der Waals surface area (Å²) in [6, 6.07) is 8.13. The Morgan fingerprint density at radius 3 is 2.68 bits per heavy atom. The van der Waals surface area contributed by atoms with E-state index in [9.17, 15) is 9.90 Å². The predicted octanol–water partition coefficient (Wildman–Crippen LogP) is 1.44. The Morgan fingerprint density at radius 2 is 1.95 bits per heavy atom. The normalized spacial score (nSPS) is 29.4. The van der Waals surface area contributed by atoms with Crippen LogP contribution < -0.4 is 10.6 Å². The lowest BCUT2D eigenvalue weighted by Gasteiger charge is -2.27. The Kier molecular flexibility index (Phi) is 3.42. The van der Waals surface area contributed by atoms with E-state index in [0.29, 0.717) is 0 Å². The van der Waals surface area contributed by atoms with Crippen LogP contribution in [0.4, 0.5) is 5.69 Å². The number of nitrogens with one attached hydrogen (secondary N) is 2. The molecule has 19 heavy (non-hydrogen) atoms. The van der Waals surface area contributed by atoms with Crippen molar-refractivity contribution >= 4 is 11.6 Å². The van der Waals surface area contributed by atoms with Crippen LogP contribution in [0.5, 0.6) is 0 Å². The number of para-hydroxylation sites is 1. The van der Waals surface area contributed by atoms with Gasteiger partial charge in [-0.1, -0.05) is 18.2 Å². The Bertz CT molecular complexity index is 442. The molecule has 4 heteroatoms. The highest BCUT2D eigenvalue weighted by Gasteiger charge is 2.28. The summed E-state index contributed by atoms with van der Waals surface area (Å²) in [6.07, 6.45) is 3.94. The number of hydrogen-bond acceptors (Lipinski definition) is 3. The molecular weight excluding hydrogens is 240 g/mol. The SMILES string of the molecule is O=C(NC1CCC(O)CC1)C1Cc2ccccc2N1. The molecule has 0 spiro atoms. The number of rotatable bonds is 2. The molecule has 1 aliphatic carbocycles. The number of aliphatic hydroxyl groups excluding tert-OH is 1. The molecule has 1 atom stereocenters. The molecule has 1 aromatic rings. The number of benzene rings is 1. The molecule has 1 amide bonds. The summed E-state index contributed by atoms with van der Waals surface area (Å²) < 4.78 is 0. The molecule has 3 rings (SSSR count). The summed E-state index contributed by atoms with van der Waals surface area (Å²) in [5.41, 5.74) is 2.28. The minimum atomic E-state index is -0.179. The van der Waals surface area contributed by atoms with Gasteiger partial charge in [0.2, 0.25) is 5.91 Å². The molecule has 0 aromatic heterocycles. The van der Waals surface area contributed by atoms with Crippen molar-refractivity contribution < 1.29 is 9.90 Å². The zero-order chi connectivity index (χ0) is 13.2. The maximum absolute atomic E-state index is 12.2. The predicted molar refractivity (Wildman–Crippen MR) is 74.0 cm³/mol. The van der Waals surface area contributed by atoms with Crippen molar-refractivity contribution in [2.45, 2.75) is 50.3 Å².